The van der Waals surface area contributed by atoms with Gasteiger partial charge in [-0.15, -0.1) is 0 Å². The number of nitrogens with zero attached hydrogens (tertiary/aromatic N) is 4. The summed E-state index contributed by atoms with van der Waals surface area (Å²) in [7, 11) is -3.53. The van der Waals surface area contributed by atoms with Crippen LogP contribution >= 0.6 is 11.5 Å². The summed E-state index contributed by atoms with van der Waals surface area (Å²) in [4.78, 5) is 9.58. The lowest BCUT2D eigenvalue weighted by Crippen LogP contribution is -2.48. The highest BCUT2D eigenvalue weighted by molar-refractivity contribution is 7.89. The Hall–Kier alpha value is -2.85. The lowest BCUT2D eigenvalue weighted by Gasteiger charge is -2.34. The summed E-state index contributed by atoms with van der Waals surface area (Å²) >= 11 is 1.45. The largest absolute Gasteiger partial charge is 0.344 e. The number of anilines is 1. The van der Waals surface area contributed by atoms with Crippen molar-refractivity contribution in [1.29, 1.82) is 0 Å². The van der Waals surface area contributed by atoms with Crippen molar-refractivity contribution in [2.45, 2.75) is 11.3 Å². The minimum atomic E-state index is -3.53. The summed E-state index contributed by atoms with van der Waals surface area (Å²) in [6.45, 7) is 4.51. The van der Waals surface area contributed by atoms with Crippen molar-refractivity contribution in [2.75, 3.05) is 44.2 Å². The highest BCUT2D eigenvalue weighted by Gasteiger charge is 2.21. The molecule has 1 N–H and O–H groups in total. The van der Waals surface area contributed by atoms with Gasteiger partial charge < -0.3 is 4.90 Å². The monoisotopic (exact) mass is 493 g/mol. The molecule has 4 aromatic rings. The second-order valence-electron chi connectivity index (χ2n) is 8.39. The molecule has 0 atom stereocenters. The van der Waals surface area contributed by atoms with Gasteiger partial charge in [-0.05, 0) is 28.5 Å². The molecular weight excluding hydrogens is 466 g/mol. The number of fused-ring (bicyclic) bond motifs is 1. The Morgan fingerprint density at radius 3 is 2.41 bits per heavy atom. The number of benzene rings is 3. The molecule has 1 fully saturated rings. The SMILES string of the molecule is O=S(=O)(NCCN1CCN(c2nc(Cc3ccccc3)ns2)CC1)c1ccc2ccccc2c1. The second-order valence-corrected chi connectivity index (χ2v) is 10.9. The fraction of sp³-hybridized carbons (Fsp3) is 0.280. The molecule has 1 aliphatic heterocycles. The lowest BCUT2D eigenvalue weighted by atomic mass is 10.1. The van der Waals surface area contributed by atoms with Crippen LogP contribution in [-0.4, -0.2) is 61.9 Å². The van der Waals surface area contributed by atoms with Gasteiger partial charge in [0.05, 0.1) is 4.90 Å². The van der Waals surface area contributed by atoms with Crippen LogP contribution in [0.25, 0.3) is 10.8 Å². The van der Waals surface area contributed by atoms with E-state index in [0.29, 0.717) is 18.0 Å². The van der Waals surface area contributed by atoms with Crippen LogP contribution in [0.5, 0.6) is 0 Å². The Bertz CT molecular complexity index is 1350. The van der Waals surface area contributed by atoms with E-state index in [4.69, 9.17) is 4.98 Å². The molecule has 0 amide bonds. The average molecular weight is 494 g/mol. The van der Waals surface area contributed by atoms with Crippen LogP contribution in [0.4, 0.5) is 5.13 Å². The zero-order chi connectivity index (χ0) is 23.4. The van der Waals surface area contributed by atoms with Crippen molar-refractivity contribution in [3.63, 3.8) is 0 Å². The Balaban J connectivity index is 1.10. The fourth-order valence-electron chi connectivity index (χ4n) is 4.14. The minimum absolute atomic E-state index is 0.304. The predicted octanol–water partition coefficient (Wildman–Crippen LogP) is 3.38. The molecule has 1 aliphatic rings. The highest BCUT2D eigenvalue weighted by atomic mass is 32.2. The van der Waals surface area contributed by atoms with Crippen LogP contribution in [0.1, 0.15) is 11.4 Å². The molecule has 9 heteroatoms. The minimum Gasteiger partial charge on any atom is -0.344 e. The van der Waals surface area contributed by atoms with Crippen LogP contribution in [0, 0.1) is 0 Å². The first-order valence-electron chi connectivity index (χ1n) is 11.4. The summed E-state index contributed by atoms with van der Waals surface area (Å²) in [5.41, 5.74) is 1.21. The van der Waals surface area contributed by atoms with Gasteiger partial charge in [0.25, 0.3) is 0 Å². The maximum absolute atomic E-state index is 12.7. The van der Waals surface area contributed by atoms with Crippen molar-refractivity contribution < 1.29 is 8.42 Å². The third kappa shape index (κ3) is 5.44. The van der Waals surface area contributed by atoms with Crippen LogP contribution < -0.4 is 9.62 Å². The third-order valence-electron chi connectivity index (χ3n) is 6.06. The molecule has 0 unspecified atom stereocenters. The van der Waals surface area contributed by atoms with E-state index in [9.17, 15) is 8.42 Å². The van der Waals surface area contributed by atoms with Gasteiger partial charge in [-0.1, -0.05) is 60.7 Å². The Morgan fingerprint density at radius 1 is 0.882 bits per heavy atom. The number of hydrogen-bond donors (Lipinski definition) is 1. The molecule has 0 radical (unpaired) electrons. The number of piperazine rings is 1. The van der Waals surface area contributed by atoms with Gasteiger partial charge in [-0.2, -0.15) is 4.37 Å². The van der Waals surface area contributed by atoms with Gasteiger partial charge in [0, 0.05) is 57.2 Å². The van der Waals surface area contributed by atoms with Gasteiger partial charge in [-0.25, -0.2) is 18.1 Å². The summed E-state index contributed by atoms with van der Waals surface area (Å²) in [6.07, 6.45) is 0.745. The van der Waals surface area contributed by atoms with E-state index in [-0.39, 0.29) is 0 Å². The first-order chi connectivity index (χ1) is 16.6. The van der Waals surface area contributed by atoms with E-state index in [1.807, 2.05) is 48.5 Å². The summed E-state index contributed by atoms with van der Waals surface area (Å²) < 4.78 is 32.8. The Labute approximate surface area is 204 Å². The molecule has 1 saturated heterocycles. The molecule has 176 valence electrons. The van der Waals surface area contributed by atoms with Crippen molar-refractivity contribution in [3.05, 3.63) is 84.2 Å². The molecule has 0 bridgehead atoms. The van der Waals surface area contributed by atoms with Crippen molar-refractivity contribution >= 4 is 37.5 Å². The number of sulfonamides is 1. The maximum atomic E-state index is 12.7. The van der Waals surface area contributed by atoms with Gasteiger partial charge in [0.2, 0.25) is 15.2 Å². The van der Waals surface area contributed by atoms with Crippen molar-refractivity contribution in [3.8, 4) is 0 Å². The normalized spacial score (nSPS) is 15.1. The molecule has 0 aliphatic carbocycles. The summed E-state index contributed by atoms with van der Waals surface area (Å²) in [5, 5.41) is 2.91. The zero-order valence-corrected chi connectivity index (χ0v) is 20.4. The smallest absolute Gasteiger partial charge is 0.240 e. The number of nitrogens with one attached hydrogen (secondary N) is 1. The van der Waals surface area contributed by atoms with E-state index in [2.05, 4.69) is 31.0 Å². The topological polar surface area (TPSA) is 78.4 Å². The first-order valence-corrected chi connectivity index (χ1v) is 13.6. The Kier molecular flexibility index (Phi) is 6.87. The van der Waals surface area contributed by atoms with Crippen LogP contribution in [-0.2, 0) is 16.4 Å². The Morgan fingerprint density at radius 2 is 1.62 bits per heavy atom. The van der Waals surface area contributed by atoms with E-state index < -0.39 is 10.0 Å². The van der Waals surface area contributed by atoms with E-state index in [0.717, 1.165) is 54.3 Å². The molecule has 2 heterocycles. The van der Waals surface area contributed by atoms with Gasteiger partial charge in [0.1, 0.15) is 5.82 Å². The first kappa shape index (κ1) is 22.9. The standard InChI is InChI=1S/C25H27N5O2S2/c31-34(32,23-11-10-21-8-4-5-9-22(21)19-23)26-12-13-29-14-16-30(17-15-29)25-27-24(28-33-25)18-20-6-2-1-3-7-20/h1-11,19,26H,12-18H2. The van der Waals surface area contributed by atoms with E-state index >= 15 is 0 Å². The summed E-state index contributed by atoms with van der Waals surface area (Å²) in [6, 6.07) is 23.3. The van der Waals surface area contributed by atoms with E-state index in [1.54, 1.807) is 12.1 Å². The molecule has 0 saturated carbocycles. The number of rotatable bonds is 8. The summed E-state index contributed by atoms with van der Waals surface area (Å²) in [5.74, 6) is 0.858. The molecular formula is C25H27N5O2S2. The van der Waals surface area contributed by atoms with Gasteiger partial charge in [-0.3, -0.25) is 4.90 Å². The molecule has 7 nitrogen and oxygen atoms in total. The fourth-order valence-corrected chi connectivity index (χ4v) is 5.93. The van der Waals surface area contributed by atoms with Gasteiger partial charge in [0.15, 0.2) is 0 Å². The predicted molar refractivity (Wildman–Crippen MR) is 137 cm³/mol. The van der Waals surface area contributed by atoms with Crippen molar-refractivity contribution in [1.82, 2.24) is 19.0 Å². The highest BCUT2D eigenvalue weighted by Crippen LogP contribution is 2.21. The number of hydrogen-bond acceptors (Lipinski definition) is 7. The average Bonchev–Trinajstić information content (AvgIpc) is 3.33. The molecule has 5 rings (SSSR count). The molecule has 34 heavy (non-hydrogen) atoms. The van der Waals surface area contributed by atoms with E-state index in [1.165, 1.54) is 17.1 Å². The quantitative estimate of drug-likeness (QED) is 0.406. The number of aromatic nitrogens is 2. The lowest BCUT2D eigenvalue weighted by molar-refractivity contribution is 0.262. The van der Waals surface area contributed by atoms with Gasteiger partial charge >= 0.3 is 0 Å². The molecule has 0 spiro atoms. The third-order valence-corrected chi connectivity index (χ3v) is 8.33. The maximum Gasteiger partial charge on any atom is 0.240 e. The van der Waals surface area contributed by atoms with Crippen LogP contribution in [0.2, 0.25) is 0 Å². The van der Waals surface area contributed by atoms with Crippen LogP contribution in [0.15, 0.2) is 77.7 Å². The zero-order valence-electron chi connectivity index (χ0n) is 18.8. The molecule has 1 aromatic heterocycles. The second kappa shape index (κ2) is 10.2. The molecule has 3 aromatic carbocycles. The van der Waals surface area contributed by atoms with Crippen LogP contribution in [0.3, 0.4) is 0 Å². The van der Waals surface area contributed by atoms with Crippen molar-refractivity contribution in [2.24, 2.45) is 0 Å².